The summed E-state index contributed by atoms with van der Waals surface area (Å²) in [5.74, 6) is 0.742. The molecule has 0 aromatic rings. The zero-order chi connectivity index (χ0) is 26.2. The minimum Gasteiger partial charge on any atom is -0.465 e. The summed E-state index contributed by atoms with van der Waals surface area (Å²) in [7, 11) is -3.90. The van der Waals surface area contributed by atoms with Crippen LogP contribution in [-0.2, 0) is 18.4 Å². The molecule has 2 aliphatic carbocycles. The van der Waals surface area contributed by atoms with Gasteiger partial charge in [-0.2, -0.15) is 0 Å². The van der Waals surface area contributed by atoms with Gasteiger partial charge in [0.15, 0.2) is 16.6 Å². The van der Waals surface area contributed by atoms with E-state index in [1.165, 1.54) is 0 Å². The van der Waals surface area contributed by atoms with Gasteiger partial charge in [-0.25, -0.2) is 0 Å². The number of esters is 1. The Kier molecular flexibility index (Phi) is 7.03. The third-order valence-corrected chi connectivity index (χ3v) is 20.6. The van der Waals surface area contributed by atoms with E-state index in [9.17, 15) is 4.79 Å². The molecule has 1 saturated heterocycles. The molecule has 3 rings (SSSR count). The monoisotopic (exact) mass is 510 g/mol. The van der Waals surface area contributed by atoms with Gasteiger partial charge in [-0.05, 0) is 80.2 Å². The van der Waals surface area contributed by atoms with E-state index in [2.05, 4.69) is 88.5 Å². The van der Waals surface area contributed by atoms with E-state index < -0.39 is 22.0 Å². The molecule has 0 radical (unpaired) electrons. The first-order valence-electron chi connectivity index (χ1n) is 13.6. The Morgan fingerprint density at radius 2 is 1.47 bits per heavy atom. The van der Waals surface area contributed by atoms with Crippen molar-refractivity contribution in [3.63, 3.8) is 0 Å². The predicted molar refractivity (Wildman–Crippen MR) is 146 cm³/mol. The normalized spacial score (nSPS) is 39.4. The van der Waals surface area contributed by atoms with Gasteiger partial charge in [-0.15, -0.1) is 0 Å². The highest BCUT2D eigenvalue weighted by Crippen LogP contribution is 2.68. The molecule has 3 aliphatic rings. The summed E-state index contributed by atoms with van der Waals surface area (Å²) >= 11 is 0. The smallest absolute Gasteiger partial charge is 0.312 e. The highest BCUT2D eigenvalue weighted by Gasteiger charge is 2.69. The number of rotatable bonds is 5. The average molecular weight is 511 g/mol. The van der Waals surface area contributed by atoms with E-state index in [-0.39, 0.29) is 33.0 Å². The fraction of sp³-hybridized carbons (Fsp3) is 0.964. The molecule has 0 bridgehead atoms. The molecule has 6 heteroatoms. The van der Waals surface area contributed by atoms with Gasteiger partial charge in [-0.1, -0.05) is 55.4 Å². The van der Waals surface area contributed by atoms with Crippen LogP contribution in [0.3, 0.4) is 0 Å². The molecule has 34 heavy (non-hydrogen) atoms. The van der Waals surface area contributed by atoms with Gasteiger partial charge in [0.25, 0.3) is 0 Å². The molecule has 0 aromatic carbocycles. The van der Waals surface area contributed by atoms with Crippen molar-refractivity contribution in [3.8, 4) is 0 Å². The molecule has 0 amide bonds. The van der Waals surface area contributed by atoms with E-state index in [1.54, 1.807) is 0 Å². The van der Waals surface area contributed by atoms with E-state index in [1.807, 2.05) is 0 Å². The van der Waals surface area contributed by atoms with Crippen LogP contribution in [0.2, 0.25) is 36.3 Å². The van der Waals surface area contributed by atoms with Crippen molar-refractivity contribution in [3.05, 3.63) is 0 Å². The summed E-state index contributed by atoms with van der Waals surface area (Å²) in [5, 5.41) is 0.323. The minimum atomic E-state index is -1.97. The van der Waals surface area contributed by atoms with Crippen molar-refractivity contribution in [2.45, 2.75) is 130 Å². The average Bonchev–Trinajstić information content (AvgIpc) is 2.97. The summed E-state index contributed by atoms with van der Waals surface area (Å²) in [6.45, 7) is 31.8. The molecule has 4 nitrogen and oxygen atoms in total. The van der Waals surface area contributed by atoms with Gasteiger partial charge in [-0.3, -0.25) is 4.79 Å². The summed E-state index contributed by atoms with van der Waals surface area (Å²) in [6.07, 6.45) is 4.36. The third-order valence-electron chi connectivity index (χ3n) is 11.7. The van der Waals surface area contributed by atoms with Crippen molar-refractivity contribution in [1.82, 2.24) is 0 Å². The highest BCUT2D eigenvalue weighted by atomic mass is 28.4. The van der Waals surface area contributed by atoms with Gasteiger partial charge in [0.1, 0.15) is 0 Å². The van der Waals surface area contributed by atoms with Crippen molar-refractivity contribution >= 4 is 22.6 Å². The van der Waals surface area contributed by atoms with Gasteiger partial charge in [0.2, 0.25) is 0 Å². The fourth-order valence-corrected chi connectivity index (χ4v) is 9.28. The van der Waals surface area contributed by atoms with Gasteiger partial charge in [0, 0.05) is 17.9 Å². The molecular weight excluding hydrogens is 456 g/mol. The lowest BCUT2D eigenvalue weighted by Crippen LogP contribution is -2.65. The number of fused-ring (bicyclic) bond motifs is 3. The van der Waals surface area contributed by atoms with Crippen molar-refractivity contribution in [1.29, 1.82) is 0 Å². The van der Waals surface area contributed by atoms with E-state index in [0.717, 1.165) is 32.3 Å². The molecule has 0 spiro atoms. The zero-order valence-electron chi connectivity index (χ0n) is 24.6. The number of hydrogen-bond donors (Lipinski definition) is 0. The first-order valence-corrected chi connectivity index (χ1v) is 19.4. The second kappa shape index (κ2) is 8.42. The predicted octanol–water partition coefficient (Wildman–Crippen LogP) is 7.79. The SMILES string of the molecule is CC(C)(C)[Si](C)(C)OC[C@]1(C)[C@@H](O[Si](C)(C)C(C)(C)C)CC[C@@]2(C)[C@H]1CC[C@H]1COC(=O)[C@@]12C. The molecule has 3 fully saturated rings. The third kappa shape index (κ3) is 4.20. The molecule has 0 aromatic heterocycles. The molecule has 6 atom stereocenters. The Balaban J connectivity index is 2.04. The van der Waals surface area contributed by atoms with Crippen LogP contribution < -0.4 is 0 Å². The maximum absolute atomic E-state index is 13.2. The molecule has 198 valence electrons. The van der Waals surface area contributed by atoms with Crippen LogP contribution in [0.15, 0.2) is 0 Å². The number of carbonyl (C=O) groups excluding carboxylic acids is 1. The lowest BCUT2D eigenvalue weighted by Gasteiger charge is -2.64. The molecule has 0 N–H and O–H groups in total. The number of cyclic esters (lactones) is 1. The Labute approximate surface area is 212 Å². The highest BCUT2D eigenvalue weighted by molar-refractivity contribution is 6.74. The lowest BCUT2D eigenvalue weighted by molar-refractivity contribution is -0.196. The quantitative estimate of drug-likeness (QED) is 0.280. The topological polar surface area (TPSA) is 44.8 Å². The number of carbonyl (C=O) groups is 1. The summed E-state index contributed by atoms with van der Waals surface area (Å²) in [4.78, 5) is 13.2. The fourth-order valence-electron chi connectivity index (χ4n) is 6.73. The Hall–Kier alpha value is -0.176. The number of ether oxygens (including phenoxy) is 1. The van der Waals surface area contributed by atoms with Crippen LogP contribution in [0.1, 0.15) is 88.0 Å². The summed E-state index contributed by atoms with van der Waals surface area (Å²) in [5.41, 5.74) is -0.632. The van der Waals surface area contributed by atoms with E-state index in [4.69, 9.17) is 13.6 Å². The first kappa shape index (κ1) is 28.4. The van der Waals surface area contributed by atoms with Crippen LogP contribution in [0.25, 0.3) is 0 Å². The van der Waals surface area contributed by atoms with Crippen LogP contribution >= 0.6 is 0 Å². The van der Waals surface area contributed by atoms with Gasteiger partial charge >= 0.3 is 5.97 Å². The summed E-state index contributed by atoms with van der Waals surface area (Å²) < 4.78 is 19.9. The zero-order valence-corrected chi connectivity index (χ0v) is 26.6. The van der Waals surface area contributed by atoms with Crippen molar-refractivity contribution < 1.29 is 18.4 Å². The molecule has 1 aliphatic heterocycles. The number of hydrogen-bond acceptors (Lipinski definition) is 4. The maximum atomic E-state index is 13.2. The Bertz CT molecular complexity index is 795. The molecular formula is C28H54O4Si2. The Morgan fingerprint density at radius 1 is 0.912 bits per heavy atom. The first-order chi connectivity index (χ1) is 15.1. The summed E-state index contributed by atoms with van der Waals surface area (Å²) in [6, 6.07) is 0. The minimum absolute atomic E-state index is 0.0288. The van der Waals surface area contributed by atoms with Gasteiger partial charge < -0.3 is 13.6 Å². The second-order valence-corrected chi connectivity index (χ2v) is 25.1. The maximum Gasteiger partial charge on any atom is 0.312 e. The van der Waals surface area contributed by atoms with Crippen LogP contribution in [0, 0.1) is 28.1 Å². The van der Waals surface area contributed by atoms with Crippen molar-refractivity contribution in [2.75, 3.05) is 13.2 Å². The second-order valence-electron chi connectivity index (χ2n) is 15.5. The van der Waals surface area contributed by atoms with Crippen LogP contribution in [0.4, 0.5) is 0 Å². The largest absolute Gasteiger partial charge is 0.465 e. The molecule has 2 saturated carbocycles. The standard InChI is InChI=1S/C28H54O4Si2/c1-24(2,3)33(10,11)31-19-26(7)21-15-14-20-18-30-23(29)28(20,9)27(21,8)17-16-22(26)32-34(12,13)25(4,5)6/h20-22H,14-19H2,1-13H3/t20-,21-,22-,26-,27-,28+/m0/s1. The van der Waals surface area contributed by atoms with Crippen molar-refractivity contribution in [2.24, 2.45) is 28.1 Å². The van der Waals surface area contributed by atoms with Crippen LogP contribution in [-0.4, -0.2) is 41.9 Å². The van der Waals surface area contributed by atoms with E-state index >= 15 is 0 Å². The molecule has 0 unspecified atom stereocenters. The Morgan fingerprint density at radius 3 is 2.00 bits per heavy atom. The van der Waals surface area contributed by atoms with Gasteiger partial charge in [0.05, 0.1) is 18.1 Å². The van der Waals surface area contributed by atoms with E-state index in [0.29, 0.717) is 18.4 Å². The molecule has 1 heterocycles. The van der Waals surface area contributed by atoms with Crippen LogP contribution in [0.5, 0.6) is 0 Å². The lowest BCUT2D eigenvalue weighted by atomic mass is 9.41.